The van der Waals surface area contributed by atoms with Crippen molar-refractivity contribution in [1.82, 2.24) is 0 Å². The summed E-state index contributed by atoms with van der Waals surface area (Å²) in [5.74, 6) is -0.865. The number of nitrogens with zero attached hydrogens (tertiary/aromatic N) is 1. The molecule has 0 fully saturated rings. The molecule has 3 rings (SSSR count). The van der Waals surface area contributed by atoms with Gasteiger partial charge in [0, 0.05) is 22.8 Å². The highest BCUT2D eigenvalue weighted by Gasteiger charge is 2.35. The molecule has 0 radical (unpaired) electrons. The number of fused-ring (bicyclic) bond motifs is 1. The third-order valence-corrected chi connectivity index (χ3v) is 4.67. The van der Waals surface area contributed by atoms with Crippen LogP contribution in [-0.4, -0.2) is 17.9 Å². The summed E-state index contributed by atoms with van der Waals surface area (Å²) in [6.07, 6.45) is 3.79. The van der Waals surface area contributed by atoms with Crippen molar-refractivity contribution in [2.75, 3.05) is 4.90 Å². The highest BCUT2D eigenvalue weighted by atomic mass is 35.5. The lowest BCUT2D eigenvalue weighted by Crippen LogP contribution is -2.44. The van der Waals surface area contributed by atoms with Crippen LogP contribution in [0.2, 0.25) is 5.02 Å². The maximum atomic E-state index is 12.8. The van der Waals surface area contributed by atoms with Crippen LogP contribution in [-0.2, 0) is 9.59 Å². The SMILES string of the molecule is CC1CC(C(N)=O)c2ccccc2N1C(=O)C=Cc1cccc(Cl)c1. The molecule has 2 atom stereocenters. The van der Waals surface area contributed by atoms with Crippen LogP contribution in [0.25, 0.3) is 6.08 Å². The first-order valence-electron chi connectivity index (χ1n) is 8.12. The van der Waals surface area contributed by atoms with Crippen LogP contribution in [0, 0.1) is 0 Å². The molecule has 4 nitrogen and oxygen atoms in total. The number of amides is 2. The van der Waals surface area contributed by atoms with E-state index in [1.165, 1.54) is 6.08 Å². The van der Waals surface area contributed by atoms with Gasteiger partial charge in [-0.25, -0.2) is 0 Å². The van der Waals surface area contributed by atoms with Crippen molar-refractivity contribution in [3.63, 3.8) is 0 Å². The molecule has 2 unspecified atom stereocenters. The van der Waals surface area contributed by atoms with Gasteiger partial charge in [-0.15, -0.1) is 0 Å². The van der Waals surface area contributed by atoms with E-state index >= 15 is 0 Å². The Bertz CT molecular complexity index is 847. The zero-order chi connectivity index (χ0) is 18.0. The molecule has 2 aromatic rings. The minimum absolute atomic E-state index is 0.121. The van der Waals surface area contributed by atoms with Crippen LogP contribution >= 0.6 is 11.6 Å². The molecule has 2 aromatic carbocycles. The number of hydrogen-bond donors (Lipinski definition) is 1. The van der Waals surface area contributed by atoms with E-state index in [9.17, 15) is 9.59 Å². The first-order chi connectivity index (χ1) is 12.0. The molecular formula is C20H19ClN2O2. The van der Waals surface area contributed by atoms with Gasteiger partial charge in [0.25, 0.3) is 5.91 Å². The van der Waals surface area contributed by atoms with Crippen molar-refractivity contribution in [3.8, 4) is 0 Å². The number of halogens is 1. The average molecular weight is 355 g/mol. The normalized spacial score (nSPS) is 19.7. The fourth-order valence-electron chi connectivity index (χ4n) is 3.28. The summed E-state index contributed by atoms with van der Waals surface area (Å²) in [6, 6.07) is 14.6. The Morgan fingerprint density at radius 3 is 2.68 bits per heavy atom. The largest absolute Gasteiger partial charge is 0.369 e. The van der Waals surface area contributed by atoms with Gasteiger partial charge < -0.3 is 10.6 Å². The van der Waals surface area contributed by atoms with Crippen molar-refractivity contribution in [1.29, 1.82) is 0 Å². The molecule has 2 amide bonds. The Morgan fingerprint density at radius 2 is 1.96 bits per heavy atom. The van der Waals surface area contributed by atoms with E-state index in [2.05, 4.69) is 0 Å². The lowest BCUT2D eigenvalue weighted by atomic mass is 9.85. The summed E-state index contributed by atoms with van der Waals surface area (Å²) in [4.78, 5) is 26.3. The Labute approximate surface area is 151 Å². The van der Waals surface area contributed by atoms with Gasteiger partial charge in [-0.3, -0.25) is 9.59 Å². The second-order valence-electron chi connectivity index (χ2n) is 6.20. The minimum atomic E-state index is -0.368. The summed E-state index contributed by atoms with van der Waals surface area (Å²) in [7, 11) is 0. The molecule has 0 bridgehead atoms. The van der Waals surface area contributed by atoms with Gasteiger partial charge in [0.15, 0.2) is 0 Å². The predicted octanol–water partition coefficient (Wildman–Crippen LogP) is 3.75. The molecule has 1 aliphatic heterocycles. The summed E-state index contributed by atoms with van der Waals surface area (Å²) < 4.78 is 0. The number of carbonyl (C=O) groups excluding carboxylic acids is 2. The number of anilines is 1. The number of carbonyl (C=O) groups is 2. The second-order valence-corrected chi connectivity index (χ2v) is 6.63. The van der Waals surface area contributed by atoms with E-state index < -0.39 is 0 Å². The van der Waals surface area contributed by atoms with Crippen LogP contribution in [0.1, 0.15) is 30.4 Å². The van der Waals surface area contributed by atoms with E-state index in [-0.39, 0.29) is 23.8 Å². The van der Waals surface area contributed by atoms with Gasteiger partial charge in [-0.2, -0.15) is 0 Å². The van der Waals surface area contributed by atoms with Crippen molar-refractivity contribution in [2.24, 2.45) is 5.73 Å². The molecule has 0 aromatic heterocycles. The molecule has 0 saturated heterocycles. The molecule has 0 aliphatic carbocycles. The Kier molecular flexibility index (Phi) is 4.91. The van der Waals surface area contributed by atoms with Gasteiger partial charge in [0.05, 0.1) is 5.92 Å². The lowest BCUT2D eigenvalue weighted by Gasteiger charge is -2.37. The van der Waals surface area contributed by atoms with E-state index in [1.807, 2.05) is 43.3 Å². The second kappa shape index (κ2) is 7.11. The van der Waals surface area contributed by atoms with E-state index in [1.54, 1.807) is 23.1 Å². The van der Waals surface area contributed by atoms with Crippen LogP contribution in [0.5, 0.6) is 0 Å². The van der Waals surface area contributed by atoms with E-state index in [4.69, 9.17) is 17.3 Å². The molecule has 5 heteroatoms. The third-order valence-electron chi connectivity index (χ3n) is 4.44. The third kappa shape index (κ3) is 3.59. The molecule has 2 N–H and O–H groups in total. The van der Waals surface area contributed by atoms with Crippen LogP contribution < -0.4 is 10.6 Å². The topological polar surface area (TPSA) is 63.4 Å². The minimum Gasteiger partial charge on any atom is -0.369 e. The molecule has 1 heterocycles. The van der Waals surface area contributed by atoms with Crippen LogP contribution in [0.4, 0.5) is 5.69 Å². The number of hydrogen-bond acceptors (Lipinski definition) is 2. The van der Waals surface area contributed by atoms with Crippen molar-refractivity contribution in [2.45, 2.75) is 25.3 Å². The average Bonchev–Trinajstić information content (AvgIpc) is 2.59. The smallest absolute Gasteiger partial charge is 0.251 e. The number of benzene rings is 2. The van der Waals surface area contributed by atoms with Crippen molar-refractivity contribution in [3.05, 3.63) is 70.8 Å². The monoisotopic (exact) mass is 354 g/mol. The molecule has 128 valence electrons. The van der Waals surface area contributed by atoms with Gasteiger partial charge in [-0.1, -0.05) is 41.9 Å². The Hall–Kier alpha value is -2.59. The zero-order valence-corrected chi connectivity index (χ0v) is 14.6. The Morgan fingerprint density at radius 1 is 1.20 bits per heavy atom. The molecule has 0 saturated carbocycles. The van der Waals surface area contributed by atoms with Gasteiger partial charge in [-0.05, 0) is 48.7 Å². The summed E-state index contributed by atoms with van der Waals surface area (Å²) in [5.41, 5.74) is 7.95. The quantitative estimate of drug-likeness (QED) is 0.853. The number of rotatable bonds is 3. The van der Waals surface area contributed by atoms with Crippen LogP contribution in [0.15, 0.2) is 54.6 Å². The first-order valence-corrected chi connectivity index (χ1v) is 8.50. The maximum Gasteiger partial charge on any atom is 0.251 e. The van der Waals surface area contributed by atoms with Gasteiger partial charge in [0.1, 0.15) is 0 Å². The molecule has 1 aliphatic rings. The van der Waals surface area contributed by atoms with Gasteiger partial charge in [0.2, 0.25) is 5.91 Å². The highest BCUT2D eigenvalue weighted by molar-refractivity contribution is 6.30. The standard InChI is InChI=1S/C20H19ClN2O2/c1-13-11-17(20(22)25)16-7-2-3-8-18(16)23(13)19(24)10-9-14-5-4-6-15(21)12-14/h2-10,12-13,17H,11H2,1H3,(H2,22,25). The fourth-order valence-corrected chi connectivity index (χ4v) is 3.47. The Balaban J connectivity index is 1.91. The fraction of sp³-hybridized carbons (Fsp3) is 0.200. The molecule has 0 spiro atoms. The van der Waals surface area contributed by atoms with Gasteiger partial charge >= 0.3 is 0 Å². The van der Waals surface area contributed by atoms with E-state index in [0.29, 0.717) is 11.4 Å². The summed E-state index contributed by atoms with van der Waals surface area (Å²) >= 11 is 5.97. The number of primary amides is 1. The molecular weight excluding hydrogens is 336 g/mol. The number of para-hydroxylation sites is 1. The summed E-state index contributed by atoms with van der Waals surface area (Å²) in [5, 5.41) is 0.621. The predicted molar refractivity (Wildman–Crippen MR) is 100 cm³/mol. The van der Waals surface area contributed by atoms with Crippen molar-refractivity contribution >= 4 is 35.2 Å². The zero-order valence-electron chi connectivity index (χ0n) is 13.9. The first kappa shape index (κ1) is 17.2. The summed E-state index contributed by atoms with van der Waals surface area (Å²) in [6.45, 7) is 1.93. The molecule has 25 heavy (non-hydrogen) atoms. The van der Waals surface area contributed by atoms with E-state index in [0.717, 1.165) is 16.8 Å². The maximum absolute atomic E-state index is 12.8. The van der Waals surface area contributed by atoms with Crippen molar-refractivity contribution < 1.29 is 9.59 Å². The highest BCUT2D eigenvalue weighted by Crippen LogP contribution is 2.38. The lowest BCUT2D eigenvalue weighted by molar-refractivity contribution is -0.120. The van der Waals surface area contributed by atoms with Crippen LogP contribution in [0.3, 0.4) is 0 Å². The number of nitrogens with two attached hydrogens (primary N) is 1.